The van der Waals surface area contributed by atoms with Crippen LogP contribution in [0.25, 0.3) is 0 Å². The summed E-state index contributed by atoms with van der Waals surface area (Å²) in [7, 11) is 0. The number of rotatable bonds is 7. The molecule has 1 N–H and O–H groups in total. The molecule has 0 aliphatic heterocycles. The Labute approximate surface area is 121 Å². The van der Waals surface area contributed by atoms with Crippen molar-refractivity contribution in [2.45, 2.75) is 46.1 Å². The van der Waals surface area contributed by atoms with E-state index in [1.54, 1.807) is 0 Å². The molecule has 1 atom stereocenters. The van der Waals surface area contributed by atoms with Gasteiger partial charge in [0, 0.05) is 12.3 Å². The predicted octanol–water partition coefficient (Wildman–Crippen LogP) is 4.08. The summed E-state index contributed by atoms with van der Waals surface area (Å²) in [6, 6.07) is 8.58. The first-order valence-corrected chi connectivity index (χ1v) is 7.56. The van der Waals surface area contributed by atoms with Crippen molar-refractivity contribution in [2.75, 3.05) is 5.88 Å². The van der Waals surface area contributed by atoms with Crippen molar-refractivity contribution in [2.24, 2.45) is 5.92 Å². The monoisotopic (exact) mass is 281 g/mol. The Morgan fingerprint density at radius 2 is 1.89 bits per heavy atom. The van der Waals surface area contributed by atoms with Crippen LogP contribution < -0.4 is 5.32 Å². The number of hydrogen-bond donors (Lipinski definition) is 1. The van der Waals surface area contributed by atoms with Crippen LogP contribution in [0.5, 0.6) is 0 Å². The maximum Gasteiger partial charge on any atom is 0.220 e. The van der Waals surface area contributed by atoms with Crippen LogP contribution in [-0.2, 0) is 11.2 Å². The number of halogens is 1. The van der Waals surface area contributed by atoms with Gasteiger partial charge in [0.05, 0.1) is 6.04 Å². The number of carbonyl (C=O) groups excluding carboxylic acids is 1. The minimum absolute atomic E-state index is 0.0775. The molecule has 1 amide bonds. The quantitative estimate of drug-likeness (QED) is 0.750. The zero-order valence-electron chi connectivity index (χ0n) is 12.1. The summed E-state index contributed by atoms with van der Waals surface area (Å²) < 4.78 is 0. The fraction of sp³-hybridized carbons (Fsp3) is 0.562. The van der Waals surface area contributed by atoms with Gasteiger partial charge in [-0.2, -0.15) is 0 Å². The van der Waals surface area contributed by atoms with Gasteiger partial charge in [-0.15, -0.1) is 11.6 Å². The van der Waals surface area contributed by atoms with Crippen LogP contribution in [0.2, 0.25) is 0 Å². The molecule has 0 aliphatic carbocycles. The van der Waals surface area contributed by atoms with Crippen LogP contribution in [0, 0.1) is 5.92 Å². The molecule has 0 aliphatic rings. The summed E-state index contributed by atoms with van der Waals surface area (Å²) in [6.45, 7) is 6.39. The van der Waals surface area contributed by atoms with E-state index in [-0.39, 0.29) is 11.9 Å². The first-order chi connectivity index (χ1) is 9.08. The van der Waals surface area contributed by atoms with E-state index in [2.05, 4.69) is 50.4 Å². The molecule has 0 radical (unpaired) electrons. The second kappa shape index (κ2) is 8.21. The number of nitrogens with one attached hydrogen (secondary N) is 1. The molecule has 0 saturated carbocycles. The summed E-state index contributed by atoms with van der Waals surface area (Å²) in [4.78, 5) is 11.8. The van der Waals surface area contributed by atoms with Crippen molar-refractivity contribution >= 4 is 17.5 Å². The molecule has 1 rings (SSSR count). The second-order valence-corrected chi connectivity index (χ2v) is 5.55. The van der Waals surface area contributed by atoms with Crippen LogP contribution in [0.4, 0.5) is 0 Å². The Morgan fingerprint density at radius 1 is 1.26 bits per heavy atom. The van der Waals surface area contributed by atoms with Crippen molar-refractivity contribution < 1.29 is 4.79 Å². The van der Waals surface area contributed by atoms with E-state index >= 15 is 0 Å². The topological polar surface area (TPSA) is 29.1 Å². The zero-order valence-corrected chi connectivity index (χ0v) is 12.8. The standard InChI is InChI=1S/C16H24ClNO/c1-4-13-7-9-14(10-8-13)16(12(2)3)18-15(19)6-5-11-17/h7-10,12,16H,4-6,11H2,1-3H3,(H,18,19). The largest absolute Gasteiger partial charge is 0.349 e. The molecule has 0 fully saturated rings. The van der Waals surface area contributed by atoms with Gasteiger partial charge in [0.1, 0.15) is 0 Å². The van der Waals surface area contributed by atoms with E-state index in [0.29, 0.717) is 18.2 Å². The number of amides is 1. The van der Waals surface area contributed by atoms with Crippen molar-refractivity contribution in [1.82, 2.24) is 5.32 Å². The van der Waals surface area contributed by atoms with Gasteiger partial charge in [0.15, 0.2) is 0 Å². The Morgan fingerprint density at radius 3 is 2.37 bits per heavy atom. The van der Waals surface area contributed by atoms with Gasteiger partial charge in [-0.25, -0.2) is 0 Å². The lowest BCUT2D eigenvalue weighted by atomic mass is 9.94. The highest BCUT2D eigenvalue weighted by atomic mass is 35.5. The maximum atomic E-state index is 11.8. The van der Waals surface area contributed by atoms with Crippen LogP contribution >= 0.6 is 11.6 Å². The number of aryl methyl sites for hydroxylation is 1. The molecule has 3 heteroatoms. The first kappa shape index (κ1) is 16.0. The van der Waals surface area contributed by atoms with E-state index in [0.717, 1.165) is 12.8 Å². The van der Waals surface area contributed by atoms with Crippen LogP contribution in [0.3, 0.4) is 0 Å². The van der Waals surface area contributed by atoms with E-state index < -0.39 is 0 Å². The van der Waals surface area contributed by atoms with E-state index in [4.69, 9.17) is 11.6 Å². The lowest BCUT2D eigenvalue weighted by Crippen LogP contribution is -2.31. The molecule has 0 spiro atoms. The van der Waals surface area contributed by atoms with Crippen LogP contribution in [-0.4, -0.2) is 11.8 Å². The molecule has 106 valence electrons. The summed E-state index contributed by atoms with van der Waals surface area (Å²) in [5.74, 6) is 0.983. The normalized spacial score (nSPS) is 12.5. The molecule has 1 aromatic carbocycles. The second-order valence-electron chi connectivity index (χ2n) is 5.18. The van der Waals surface area contributed by atoms with Crippen molar-refractivity contribution in [3.63, 3.8) is 0 Å². The van der Waals surface area contributed by atoms with Gasteiger partial charge in [-0.1, -0.05) is 45.0 Å². The third-order valence-corrected chi connectivity index (χ3v) is 3.53. The lowest BCUT2D eigenvalue weighted by molar-refractivity contribution is -0.122. The molecule has 1 unspecified atom stereocenters. The average Bonchev–Trinajstić information content (AvgIpc) is 2.42. The first-order valence-electron chi connectivity index (χ1n) is 7.02. The van der Waals surface area contributed by atoms with E-state index in [1.807, 2.05) is 0 Å². The summed E-state index contributed by atoms with van der Waals surface area (Å²) in [5, 5.41) is 3.11. The Balaban J connectivity index is 2.73. The third-order valence-electron chi connectivity index (χ3n) is 3.27. The molecule has 19 heavy (non-hydrogen) atoms. The van der Waals surface area contributed by atoms with Crippen molar-refractivity contribution in [1.29, 1.82) is 0 Å². The Bertz CT molecular complexity index is 386. The van der Waals surface area contributed by atoms with Crippen LogP contribution in [0.15, 0.2) is 24.3 Å². The molecule has 0 aromatic heterocycles. The van der Waals surface area contributed by atoms with Gasteiger partial charge in [-0.3, -0.25) is 4.79 Å². The fourth-order valence-corrected chi connectivity index (χ4v) is 2.20. The van der Waals surface area contributed by atoms with Crippen molar-refractivity contribution in [3.05, 3.63) is 35.4 Å². The van der Waals surface area contributed by atoms with E-state index in [1.165, 1.54) is 11.1 Å². The highest BCUT2D eigenvalue weighted by Crippen LogP contribution is 2.22. The van der Waals surface area contributed by atoms with Gasteiger partial charge in [-0.05, 0) is 29.9 Å². The predicted molar refractivity (Wildman–Crippen MR) is 81.5 cm³/mol. The lowest BCUT2D eigenvalue weighted by Gasteiger charge is -2.23. The highest BCUT2D eigenvalue weighted by Gasteiger charge is 2.17. The SMILES string of the molecule is CCc1ccc(C(NC(=O)CCCCl)C(C)C)cc1. The van der Waals surface area contributed by atoms with Gasteiger partial charge < -0.3 is 5.32 Å². The number of alkyl halides is 1. The number of benzene rings is 1. The average molecular weight is 282 g/mol. The minimum atomic E-state index is 0.0775. The molecule has 2 nitrogen and oxygen atoms in total. The Hall–Kier alpha value is -1.02. The van der Waals surface area contributed by atoms with Gasteiger partial charge >= 0.3 is 0 Å². The zero-order chi connectivity index (χ0) is 14.3. The van der Waals surface area contributed by atoms with Crippen LogP contribution in [0.1, 0.15) is 50.8 Å². The molecule has 0 heterocycles. The highest BCUT2D eigenvalue weighted by molar-refractivity contribution is 6.17. The number of hydrogen-bond acceptors (Lipinski definition) is 1. The van der Waals surface area contributed by atoms with Crippen molar-refractivity contribution in [3.8, 4) is 0 Å². The smallest absolute Gasteiger partial charge is 0.220 e. The van der Waals surface area contributed by atoms with Gasteiger partial charge in [0.2, 0.25) is 5.91 Å². The van der Waals surface area contributed by atoms with Gasteiger partial charge in [0.25, 0.3) is 0 Å². The summed E-state index contributed by atoms with van der Waals surface area (Å²) >= 11 is 5.62. The molecule has 1 aromatic rings. The summed E-state index contributed by atoms with van der Waals surface area (Å²) in [6.07, 6.45) is 2.27. The minimum Gasteiger partial charge on any atom is -0.349 e. The number of carbonyl (C=O) groups is 1. The Kier molecular flexibility index (Phi) is 6.93. The summed E-state index contributed by atoms with van der Waals surface area (Å²) in [5.41, 5.74) is 2.49. The van der Waals surface area contributed by atoms with E-state index in [9.17, 15) is 4.79 Å². The molecular formula is C16H24ClNO. The third kappa shape index (κ3) is 5.23. The molecule has 0 saturated heterocycles. The fourth-order valence-electron chi connectivity index (χ4n) is 2.07. The molecular weight excluding hydrogens is 258 g/mol. The maximum absolute atomic E-state index is 11.8. The molecule has 0 bridgehead atoms.